The van der Waals surface area contributed by atoms with Crippen LogP contribution in [-0.4, -0.2) is 46.3 Å². The van der Waals surface area contributed by atoms with Crippen LogP contribution < -0.4 is 0 Å². The third-order valence-electron chi connectivity index (χ3n) is 2.93. The summed E-state index contributed by atoms with van der Waals surface area (Å²) in [5, 5.41) is 22.6. The van der Waals surface area contributed by atoms with Crippen LogP contribution in [-0.2, 0) is 11.2 Å². The fraction of sp³-hybridized carbons (Fsp3) is 0.545. The van der Waals surface area contributed by atoms with E-state index in [-0.39, 0.29) is 0 Å². The maximum atomic E-state index is 11.0. The number of β-amino-alcohol motifs (C(OH)–C–C–N with tert-alkyl or cyclic N) is 1. The van der Waals surface area contributed by atoms with Gasteiger partial charge >= 0.3 is 5.97 Å². The zero-order valence-electron chi connectivity index (χ0n) is 8.87. The number of aliphatic hydroxyl groups is 1. The normalized spacial score (nSPS) is 26.1. The molecular formula is C11H15NO3S. The van der Waals surface area contributed by atoms with Crippen LogP contribution in [0.5, 0.6) is 0 Å². The highest BCUT2D eigenvalue weighted by Gasteiger charge is 2.35. The Bertz CT molecular complexity index is 352. The zero-order chi connectivity index (χ0) is 11.5. The summed E-state index contributed by atoms with van der Waals surface area (Å²) in [5.74, 6) is -0.832. The van der Waals surface area contributed by atoms with Crippen molar-refractivity contribution in [3.8, 4) is 0 Å². The molecule has 0 amide bonds. The van der Waals surface area contributed by atoms with Crippen molar-refractivity contribution in [3.05, 3.63) is 22.4 Å². The van der Waals surface area contributed by atoms with Gasteiger partial charge in [0.1, 0.15) is 6.04 Å². The standard InChI is InChI=1S/C11H15NO3S/c13-9-5-10(11(14)15)12(6-9)3-1-8-2-4-16-7-8/h2,4,7,9-10,13H,1,3,5-6H2,(H,14,15). The van der Waals surface area contributed by atoms with Gasteiger partial charge in [-0.05, 0) is 28.8 Å². The monoisotopic (exact) mass is 241 g/mol. The summed E-state index contributed by atoms with van der Waals surface area (Å²) >= 11 is 1.65. The Morgan fingerprint density at radius 1 is 1.62 bits per heavy atom. The number of hydrogen-bond acceptors (Lipinski definition) is 4. The molecule has 1 aromatic heterocycles. The molecule has 2 heterocycles. The Hall–Kier alpha value is -0.910. The molecule has 1 fully saturated rings. The molecule has 1 aliphatic heterocycles. The van der Waals surface area contributed by atoms with Crippen molar-refractivity contribution in [2.45, 2.75) is 25.0 Å². The molecule has 2 N–H and O–H groups in total. The molecule has 0 spiro atoms. The number of carbonyl (C=O) groups is 1. The minimum atomic E-state index is -0.832. The topological polar surface area (TPSA) is 60.8 Å². The third-order valence-corrected chi connectivity index (χ3v) is 3.67. The second kappa shape index (κ2) is 4.95. The lowest BCUT2D eigenvalue weighted by Crippen LogP contribution is -2.37. The van der Waals surface area contributed by atoms with E-state index in [0.717, 1.165) is 6.42 Å². The lowest BCUT2D eigenvalue weighted by molar-refractivity contribution is -0.142. The molecule has 88 valence electrons. The molecule has 16 heavy (non-hydrogen) atoms. The van der Waals surface area contributed by atoms with Crippen LogP contribution in [0.25, 0.3) is 0 Å². The van der Waals surface area contributed by atoms with Crippen molar-refractivity contribution in [1.29, 1.82) is 0 Å². The molecule has 0 bridgehead atoms. The van der Waals surface area contributed by atoms with E-state index < -0.39 is 18.1 Å². The third kappa shape index (κ3) is 2.61. The van der Waals surface area contributed by atoms with Gasteiger partial charge in [-0.3, -0.25) is 9.69 Å². The Balaban J connectivity index is 1.90. The maximum Gasteiger partial charge on any atom is 0.321 e. The molecule has 1 aromatic rings. The number of carboxylic acid groups (broad SMARTS) is 1. The lowest BCUT2D eigenvalue weighted by atomic mass is 10.2. The summed E-state index contributed by atoms with van der Waals surface area (Å²) in [6.45, 7) is 1.17. The predicted molar refractivity (Wildman–Crippen MR) is 61.6 cm³/mol. The first-order valence-corrected chi connectivity index (χ1v) is 6.27. The first-order chi connectivity index (χ1) is 7.66. The first kappa shape index (κ1) is 11.6. The van der Waals surface area contributed by atoms with Gasteiger partial charge in [-0.2, -0.15) is 11.3 Å². The minimum absolute atomic E-state index is 0.346. The molecule has 4 nitrogen and oxygen atoms in total. The van der Waals surface area contributed by atoms with Gasteiger partial charge in [0.05, 0.1) is 6.10 Å². The van der Waals surface area contributed by atoms with E-state index in [2.05, 4.69) is 5.38 Å². The van der Waals surface area contributed by atoms with Crippen LogP contribution in [0, 0.1) is 0 Å². The van der Waals surface area contributed by atoms with Crippen molar-refractivity contribution < 1.29 is 15.0 Å². The smallest absolute Gasteiger partial charge is 0.321 e. The molecular weight excluding hydrogens is 226 g/mol. The van der Waals surface area contributed by atoms with Crippen molar-refractivity contribution in [1.82, 2.24) is 4.90 Å². The molecule has 0 aliphatic carbocycles. The van der Waals surface area contributed by atoms with Crippen LogP contribution >= 0.6 is 11.3 Å². The van der Waals surface area contributed by atoms with Crippen LogP contribution in [0.15, 0.2) is 16.8 Å². The maximum absolute atomic E-state index is 11.0. The Morgan fingerprint density at radius 2 is 2.44 bits per heavy atom. The largest absolute Gasteiger partial charge is 0.480 e. The van der Waals surface area contributed by atoms with Crippen LogP contribution in [0.3, 0.4) is 0 Å². The summed E-state index contributed by atoms with van der Waals surface area (Å²) in [6.07, 6.45) is 0.697. The number of rotatable bonds is 4. The molecule has 0 saturated carbocycles. The van der Waals surface area contributed by atoms with E-state index in [1.54, 1.807) is 11.3 Å². The average molecular weight is 241 g/mol. The van der Waals surface area contributed by atoms with E-state index in [0.29, 0.717) is 19.5 Å². The van der Waals surface area contributed by atoms with E-state index in [9.17, 15) is 9.90 Å². The van der Waals surface area contributed by atoms with E-state index in [1.807, 2.05) is 16.3 Å². The lowest BCUT2D eigenvalue weighted by Gasteiger charge is -2.20. The number of carboxylic acids is 1. The van der Waals surface area contributed by atoms with Gasteiger partial charge in [0.2, 0.25) is 0 Å². The average Bonchev–Trinajstić information content (AvgIpc) is 2.83. The Kier molecular flexibility index (Phi) is 3.58. The highest BCUT2D eigenvalue weighted by Crippen LogP contribution is 2.19. The second-order valence-corrected chi connectivity index (χ2v) is 4.90. The minimum Gasteiger partial charge on any atom is -0.480 e. The Labute approximate surface area is 98.1 Å². The number of aliphatic hydroxyl groups excluding tert-OH is 1. The van der Waals surface area contributed by atoms with Crippen LogP contribution in [0.1, 0.15) is 12.0 Å². The van der Waals surface area contributed by atoms with Crippen molar-refractivity contribution in [2.75, 3.05) is 13.1 Å². The molecule has 2 atom stereocenters. The summed E-state index contributed by atoms with van der Waals surface area (Å²) in [7, 11) is 0. The second-order valence-electron chi connectivity index (χ2n) is 4.12. The molecule has 2 rings (SSSR count). The summed E-state index contributed by atoms with van der Waals surface area (Å²) < 4.78 is 0. The molecule has 0 radical (unpaired) electrons. The number of nitrogens with zero attached hydrogens (tertiary/aromatic N) is 1. The number of aliphatic carboxylic acids is 1. The first-order valence-electron chi connectivity index (χ1n) is 5.33. The van der Waals surface area contributed by atoms with Crippen molar-refractivity contribution >= 4 is 17.3 Å². The van der Waals surface area contributed by atoms with Gasteiger partial charge < -0.3 is 10.2 Å². The molecule has 5 heteroatoms. The fourth-order valence-electron chi connectivity index (χ4n) is 2.09. The number of thiophene rings is 1. The molecule has 0 aromatic carbocycles. The molecule has 2 unspecified atom stereocenters. The van der Waals surface area contributed by atoms with Gasteiger partial charge in [-0.15, -0.1) is 0 Å². The van der Waals surface area contributed by atoms with E-state index in [4.69, 9.17) is 5.11 Å². The fourth-order valence-corrected chi connectivity index (χ4v) is 2.79. The van der Waals surface area contributed by atoms with Crippen LogP contribution in [0.2, 0.25) is 0 Å². The SMILES string of the molecule is O=C(O)C1CC(O)CN1CCc1ccsc1. The van der Waals surface area contributed by atoms with Gasteiger partial charge in [0.15, 0.2) is 0 Å². The predicted octanol–water partition coefficient (Wildman–Crippen LogP) is 0.810. The van der Waals surface area contributed by atoms with Gasteiger partial charge in [0.25, 0.3) is 0 Å². The van der Waals surface area contributed by atoms with E-state index in [1.165, 1.54) is 5.56 Å². The van der Waals surface area contributed by atoms with Crippen molar-refractivity contribution in [2.24, 2.45) is 0 Å². The molecule has 1 saturated heterocycles. The van der Waals surface area contributed by atoms with Crippen molar-refractivity contribution in [3.63, 3.8) is 0 Å². The summed E-state index contributed by atoms with van der Waals surface area (Å²) in [5.41, 5.74) is 1.23. The number of hydrogen-bond donors (Lipinski definition) is 2. The summed E-state index contributed by atoms with van der Waals surface area (Å²) in [4.78, 5) is 12.8. The quantitative estimate of drug-likeness (QED) is 0.819. The Morgan fingerprint density at radius 3 is 3.06 bits per heavy atom. The van der Waals surface area contributed by atoms with Gasteiger partial charge in [0, 0.05) is 19.5 Å². The summed E-state index contributed by atoms with van der Waals surface area (Å²) in [6, 6.07) is 1.53. The highest BCUT2D eigenvalue weighted by atomic mass is 32.1. The van der Waals surface area contributed by atoms with Gasteiger partial charge in [-0.25, -0.2) is 0 Å². The zero-order valence-corrected chi connectivity index (χ0v) is 9.69. The molecule has 1 aliphatic rings. The van der Waals surface area contributed by atoms with Gasteiger partial charge in [-0.1, -0.05) is 0 Å². The van der Waals surface area contributed by atoms with Crippen LogP contribution in [0.4, 0.5) is 0 Å². The highest BCUT2D eigenvalue weighted by molar-refractivity contribution is 7.07. The number of likely N-dealkylation sites (tertiary alicyclic amines) is 1. The van der Waals surface area contributed by atoms with E-state index >= 15 is 0 Å².